The zero-order valence-electron chi connectivity index (χ0n) is 12.2. The van der Waals surface area contributed by atoms with Crippen LogP contribution in [0.3, 0.4) is 0 Å². The van der Waals surface area contributed by atoms with Crippen LogP contribution in [0.2, 0.25) is 0 Å². The van der Waals surface area contributed by atoms with E-state index in [-0.39, 0.29) is 5.76 Å². The highest BCUT2D eigenvalue weighted by Gasteiger charge is 2.35. The van der Waals surface area contributed by atoms with Gasteiger partial charge in [-0.15, -0.1) is 0 Å². The van der Waals surface area contributed by atoms with Crippen LogP contribution in [-0.2, 0) is 9.53 Å². The highest BCUT2D eigenvalue weighted by molar-refractivity contribution is 9.10. The lowest BCUT2D eigenvalue weighted by Crippen LogP contribution is -2.52. The monoisotopic (exact) mass is 368 g/mol. The van der Waals surface area contributed by atoms with Crippen molar-refractivity contribution in [1.29, 1.82) is 5.26 Å². The Morgan fingerprint density at radius 3 is 2.64 bits per heavy atom. The summed E-state index contributed by atoms with van der Waals surface area (Å²) in [6, 6.07) is 5.21. The van der Waals surface area contributed by atoms with E-state index in [0.29, 0.717) is 17.5 Å². The first-order valence-electron chi connectivity index (χ1n) is 7.15. The molecule has 0 bridgehead atoms. The van der Waals surface area contributed by atoms with Crippen molar-refractivity contribution in [1.82, 2.24) is 5.32 Å². The van der Waals surface area contributed by atoms with Crippen molar-refractivity contribution < 1.29 is 18.7 Å². The van der Waals surface area contributed by atoms with Gasteiger partial charge in [0.05, 0.1) is 6.07 Å². The van der Waals surface area contributed by atoms with Gasteiger partial charge in [0.15, 0.2) is 10.8 Å². The average molecular weight is 369 g/mol. The third kappa shape index (κ3) is 3.89. The highest BCUT2D eigenvalue weighted by Crippen LogP contribution is 2.27. The minimum Gasteiger partial charge on any atom is -0.447 e. The number of carbonyl (C=O) groups excluding carboxylic acids is 2. The van der Waals surface area contributed by atoms with E-state index < -0.39 is 23.5 Å². The summed E-state index contributed by atoms with van der Waals surface area (Å²) in [4.78, 5) is 24.0. The minimum atomic E-state index is -0.997. The van der Waals surface area contributed by atoms with Gasteiger partial charge in [0.25, 0.3) is 5.91 Å². The second-order valence-corrected chi connectivity index (χ2v) is 6.18. The predicted octanol–water partition coefficient (Wildman–Crippen LogP) is 2.93. The molecule has 1 atom stereocenters. The predicted molar refractivity (Wildman–Crippen MR) is 80.9 cm³/mol. The van der Waals surface area contributed by atoms with E-state index in [4.69, 9.17) is 9.15 Å². The van der Waals surface area contributed by atoms with Gasteiger partial charge in [-0.05, 0) is 47.8 Å². The molecule has 7 heteroatoms. The largest absolute Gasteiger partial charge is 0.447 e. The smallest absolute Gasteiger partial charge is 0.375 e. The first-order chi connectivity index (χ1) is 10.5. The lowest BCUT2D eigenvalue weighted by molar-refractivity contribution is -0.130. The first-order valence-corrected chi connectivity index (χ1v) is 7.95. The van der Waals surface area contributed by atoms with Crippen LogP contribution < -0.4 is 5.32 Å². The number of carbonyl (C=O) groups is 2. The second kappa shape index (κ2) is 6.97. The SMILES string of the molecule is C[C@H](OC(=O)c1ccc(Br)o1)C(=O)NC1(C#N)CCCCC1. The van der Waals surface area contributed by atoms with Crippen molar-refractivity contribution >= 4 is 27.8 Å². The van der Waals surface area contributed by atoms with Crippen LogP contribution in [0.1, 0.15) is 49.6 Å². The Labute approximate surface area is 136 Å². The summed E-state index contributed by atoms with van der Waals surface area (Å²) in [6.45, 7) is 1.47. The van der Waals surface area contributed by atoms with Gasteiger partial charge < -0.3 is 14.5 Å². The molecule has 1 heterocycles. The van der Waals surface area contributed by atoms with Gasteiger partial charge in [0, 0.05) is 0 Å². The van der Waals surface area contributed by atoms with Crippen LogP contribution in [0.15, 0.2) is 21.2 Å². The Bertz CT molecular complexity index is 599. The van der Waals surface area contributed by atoms with Crippen molar-refractivity contribution in [2.45, 2.75) is 50.7 Å². The fraction of sp³-hybridized carbons (Fsp3) is 0.533. The van der Waals surface area contributed by atoms with Crippen LogP contribution >= 0.6 is 15.9 Å². The Hall–Kier alpha value is -1.81. The van der Waals surface area contributed by atoms with Crippen LogP contribution in [0.25, 0.3) is 0 Å². The molecule has 0 radical (unpaired) electrons. The fourth-order valence-electron chi connectivity index (χ4n) is 2.45. The normalized spacial score (nSPS) is 18.0. The number of rotatable bonds is 4. The number of hydrogen-bond acceptors (Lipinski definition) is 5. The number of hydrogen-bond donors (Lipinski definition) is 1. The number of nitrogens with one attached hydrogen (secondary N) is 1. The molecule has 1 aliphatic rings. The molecule has 1 amide bonds. The molecule has 1 aromatic rings. The van der Waals surface area contributed by atoms with Crippen molar-refractivity contribution in [3.05, 3.63) is 22.6 Å². The van der Waals surface area contributed by atoms with Gasteiger partial charge in [-0.25, -0.2) is 4.79 Å². The van der Waals surface area contributed by atoms with Crippen LogP contribution in [0.4, 0.5) is 0 Å². The van der Waals surface area contributed by atoms with Crippen molar-refractivity contribution in [2.24, 2.45) is 0 Å². The van der Waals surface area contributed by atoms with Crippen LogP contribution in [-0.4, -0.2) is 23.5 Å². The van der Waals surface area contributed by atoms with E-state index >= 15 is 0 Å². The topological polar surface area (TPSA) is 92.3 Å². The quantitative estimate of drug-likeness (QED) is 0.824. The summed E-state index contributed by atoms with van der Waals surface area (Å²) in [5.41, 5.74) is -0.844. The summed E-state index contributed by atoms with van der Waals surface area (Å²) in [6.07, 6.45) is 3.13. The van der Waals surface area contributed by atoms with E-state index in [1.807, 2.05) is 0 Å². The zero-order chi connectivity index (χ0) is 16.2. The molecular weight excluding hydrogens is 352 g/mol. The molecular formula is C15H17BrN2O4. The molecule has 1 aromatic heterocycles. The molecule has 118 valence electrons. The van der Waals surface area contributed by atoms with Crippen LogP contribution in [0, 0.1) is 11.3 Å². The number of nitrogens with zero attached hydrogens (tertiary/aromatic N) is 1. The molecule has 1 N–H and O–H groups in total. The van der Waals surface area contributed by atoms with Gasteiger partial charge in [-0.3, -0.25) is 4.79 Å². The summed E-state index contributed by atoms with van der Waals surface area (Å²) < 4.78 is 10.5. The molecule has 0 unspecified atom stereocenters. The molecule has 22 heavy (non-hydrogen) atoms. The minimum absolute atomic E-state index is 0.0131. The molecule has 1 saturated carbocycles. The number of nitriles is 1. The molecule has 6 nitrogen and oxygen atoms in total. The summed E-state index contributed by atoms with van der Waals surface area (Å²) >= 11 is 3.09. The van der Waals surface area contributed by atoms with E-state index in [2.05, 4.69) is 27.3 Å². The first kappa shape index (κ1) is 16.6. The molecule has 0 spiro atoms. The van der Waals surface area contributed by atoms with E-state index in [9.17, 15) is 14.9 Å². The van der Waals surface area contributed by atoms with Gasteiger partial charge in [-0.1, -0.05) is 19.3 Å². The maximum atomic E-state index is 12.2. The molecule has 0 saturated heterocycles. The van der Waals surface area contributed by atoms with Gasteiger partial charge in [0.1, 0.15) is 5.54 Å². The lowest BCUT2D eigenvalue weighted by Gasteiger charge is -2.32. The van der Waals surface area contributed by atoms with E-state index in [0.717, 1.165) is 19.3 Å². The Morgan fingerprint density at radius 2 is 2.09 bits per heavy atom. The van der Waals surface area contributed by atoms with Gasteiger partial charge in [-0.2, -0.15) is 5.26 Å². The molecule has 1 aliphatic carbocycles. The lowest BCUT2D eigenvalue weighted by atomic mass is 9.83. The Kier molecular flexibility index (Phi) is 5.24. The summed E-state index contributed by atoms with van der Waals surface area (Å²) in [5, 5.41) is 12.1. The molecule has 0 aliphatic heterocycles. The van der Waals surface area contributed by atoms with Gasteiger partial charge in [0.2, 0.25) is 5.76 Å². The van der Waals surface area contributed by atoms with Crippen molar-refractivity contribution in [3.8, 4) is 6.07 Å². The number of furan rings is 1. The molecule has 1 fully saturated rings. The molecule has 2 rings (SSSR count). The number of ether oxygens (including phenoxy) is 1. The summed E-state index contributed by atoms with van der Waals surface area (Å²) in [5.74, 6) is -1.18. The third-order valence-electron chi connectivity index (χ3n) is 3.71. The molecule has 0 aromatic carbocycles. The van der Waals surface area contributed by atoms with Gasteiger partial charge >= 0.3 is 5.97 Å². The maximum absolute atomic E-state index is 12.2. The summed E-state index contributed by atoms with van der Waals surface area (Å²) in [7, 11) is 0. The Morgan fingerprint density at radius 1 is 1.41 bits per heavy atom. The second-order valence-electron chi connectivity index (χ2n) is 5.40. The number of esters is 1. The number of amides is 1. The van der Waals surface area contributed by atoms with E-state index in [1.54, 1.807) is 6.07 Å². The Balaban J connectivity index is 1.94. The highest BCUT2D eigenvalue weighted by atomic mass is 79.9. The third-order valence-corrected chi connectivity index (χ3v) is 4.14. The average Bonchev–Trinajstić information content (AvgIpc) is 2.94. The van der Waals surface area contributed by atoms with Crippen molar-refractivity contribution in [3.63, 3.8) is 0 Å². The van der Waals surface area contributed by atoms with Crippen molar-refractivity contribution in [2.75, 3.05) is 0 Å². The van der Waals surface area contributed by atoms with E-state index in [1.165, 1.54) is 13.0 Å². The maximum Gasteiger partial charge on any atom is 0.375 e. The fourth-order valence-corrected chi connectivity index (χ4v) is 2.76. The zero-order valence-corrected chi connectivity index (χ0v) is 13.8. The standard InChI is InChI=1S/C15H17BrN2O4/c1-10(21-14(20)11-5-6-12(16)22-11)13(19)18-15(9-17)7-3-2-4-8-15/h5-6,10H,2-4,7-8H2,1H3,(H,18,19)/t10-/m0/s1. The van der Waals surface area contributed by atoms with Crippen LogP contribution in [0.5, 0.6) is 0 Å². The number of halogens is 1.